The fraction of sp³-hybridized carbons (Fsp3) is 0.455. The molecule has 0 saturated heterocycles. The van der Waals surface area contributed by atoms with Gasteiger partial charge < -0.3 is 0 Å². The molecule has 0 bridgehead atoms. The minimum absolute atomic E-state index is 0.173. The first-order valence-electron chi connectivity index (χ1n) is 6.14. The molecule has 126 valence electrons. The Morgan fingerprint density at radius 2 is 1.50 bits per heavy atom. The van der Waals surface area contributed by atoms with Crippen LogP contribution in [-0.2, 0) is 20.6 Å². The number of benzene rings is 1. The zero-order valence-corrected chi connectivity index (χ0v) is 14.2. The van der Waals surface area contributed by atoms with Gasteiger partial charge in [0.15, 0.2) is 0 Å². The SMILES string of the molecule is CC(C)[C@@H](NS(=O)(=O)O)[C@H](NS(=O)(=O)O)c1ccccc1Cl. The van der Waals surface area contributed by atoms with E-state index in [9.17, 15) is 16.8 Å². The second-order valence-electron chi connectivity index (χ2n) is 4.95. The van der Waals surface area contributed by atoms with Crippen molar-refractivity contribution < 1.29 is 25.9 Å². The molecule has 0 saturated carbocycles. The van der Waals surface area contributed by atoms with Crippen LogP contribution in [0.3, 0.4) is 0 Å². The molecule has 0 amide bonds. The molecule has 0 fully saturated rings. The third-order valence-corrected chi connectivity index (χ3v) is 4.34. The molecule has 0 aliphatic heterocycles. The highest BCUT2D eigenvalue weighted by atomic mass is 35.5. The van der Waals surface area contributed by atoms with Crippen LogP contribution in [0.15, 0.2) is 24.3 Å². The van der Waals surface area contributed by atoms with E-state index in [-0.39, 0.29) is 10.6 Å². The van der Waals surface area contributed by atoms with Crippen LogP contribution < -0.4 is 9.44 Å². The maximum atomic E-state index is 11.2. The lowest BCUT2D eigenvalue weighted by Gasteiger charge is -2.30. The van der Waals surface area contributed by atoms with Gasteiger partial charge in [0.1, 0.15) is 0 Å². The van der Waals surface area contributed by atoms with Crippen LogP contribution >= 0.6 is 11.6 Å². The Labute approximate surface area is 134 Å². The lowest BCUT2D eigenvalue weighted by molar-refractivity contribution is 0.342. The number of hydrogen-bond acceptors (Lipinski definition) is 4. The Morgan fingerprint density at radius 1 is 1.00 bits per heavy atom. The van der Waals surface area contributed by atoms with Gasteiger partial charge in [0, 0.05) is 11.1 Å². The summed E-state index contributed by atoms with van der Waals surface area (Å²) < 4.78 is 66.5. The number of nitrogens with one attached hydrogen (secondary N) is 2. The van der Waals surface area contributed by atoms with E-state index in [0.29, 0.717) is 0 Å². The van der Waals surface area contributed by atoms with Gasteiger partial charge in [-0.25, -0.2) is 0 Å². The molecular formula is C11H17ClN2O6S2. The van der Waals surface area contributed by atoms with E-state index < -0.39 is 38.6 Å². The summed E-state index contributed by atoms with van der Waals surface area (Å²) in [6.45, 7) is 3.22. The van der Waals surface area contributed by atoms with Crippen molar-refractivity contribution in [2.24, 2.45) is 5.92 Å². The molecule has 4 N–H and O–H groups in total. The van der Waals surface area contributed by atoms with Crippen LogP contribution in [0.2, 0.25) is 5.02 Å². The summed E-state index contributed by atoms with van der Waals surface area (Å²) in [5, 5.41) is 0.173. The molecule has 0 radical (unpaired) electrons. The van der Waals surface area contributed by atoms with Gasteiger partial charge in [-0.15, -0.1) is 0 Å². The minimum atomic E-state index is -4.65. The Kier molecular flexibility index (Phi) is 6.33. The maximum Gasteiger partial charge on any atom is 0.333 e. The summed E-state index contributed by atoms with van der Waals surface area (Å²) in [5.41, 5.74) is 0.247. The van der Waals surface area contributed by atoms with Crippen molar-refractivity contribution in [2.45, 2.75) is 25.9 Å². The van der Waals surface area contributed by atoms with Gasteiger partial charge in [-0.3, -0.25) is 9.11 Å². The normalized spacial score (nSPS) is 15.7. The summed E-state index contributed by atoms with van der Waals surface area (Å²) in [4.78, 5) is 0. The van der Waals surface area contributed by atoms with E-state index in [1.807, 2.05) is 9.44 Å². The summed E-state index contributed by atoms with van der Waals surface area (Å²) in [6, 6.07) is 3.84. The number of rotatable bonds is 7. The molecule has 1 aromatic carbocycles. The van der Waals surface area contributed by atoms with Gasteiger partial charge in [-0.1, -0.05) is 43.6 Å². The highest BCUT2D eigenvalue weighted by Gasteiger charge is 2.33. The Morgan fingerprint density at radius 3 is 1.91 bits per heavy atom. The van der Waals surface area contributed by atoms with Crippen LogP contribution in [0.4, 0.5) is 0 Å². The van der Waals surface area contributed by atoms with E-state index >= 15 is 0 Å². The number of halogens is 1. The van der Waals surface area contributed by atoms with Crippen LogP contribution in [0, 0.1) is 5.92 Å². The van der Waals surface area contributed by atoms with Gasteiger partial charge in [0.2, 0.25) is 0 Å². The van der Waals surface area contributed by atoms with Crippen molar-refractivity contribution in [3.63, 3.8) is 0 Å². The molecule has 0 spiro atoms. The summed E-state index contributed by atoms with van der Waals surface area (Å²) in [5.74, 6) is -0.433. The molecule has 11 heteroatoms. The third kappa shape index (κ3) is 6.16. The van der Waals surface area contributed by atoms with E-state index in [4.69, 9.17) is 20.7 Å². The molecule has 0 unspecified atom stereocenters. The van der Waals surface area contributed by atoms with Gasteiger partial charge in [0.05, 0.1) is 6.04 Å². The second kappa shape index (κ2) is 7.21. The highest BCUT2D eigenvalue weighted by Crippen LogP contribution is 2.29. The minimum Gasteiger partial charge on any atom is -0.273 e. The zero-order valence-electron chi connectivity index (χ0n) is 11.8. The molecule has 0 aliphatic rings. The second-order valence-corrected chi connectivity index (χ2v) is 7.73. The van der Waals surface area contributed by atoms with Crippen molar-refractivity contribution in [1.29, 1.82) is 0 Å². The molecule has 0 aliphatic carbocycles. The molecule has 1 aromatic rings. The quantitative estimate of drug-likeness (QED) is 0.531. The summed E-state index contributed by atoms with van der Waals surface area (Å²) in [6.07, 6.45) is 0. The standard InChI is InChI=1S/C11H17ClN2O6S2/c1-7(2)10(13-21(15,16)17)11(14-22(18,19)20)8-5-3-4-6-9(8)12/h3-7,10-11,13-14H,1-2H3,(H,15,16,17)(H,18,19,20)/t10-,11-/m1/s1. The average molecular weight is 373 g/mol. The fourth-order valence-corrected chi connectivity index (χ4v) is 3.58. The van der Waals surface area contributed by atoms with Crippen LogP contribution in [0.1, 0.15) is 25.5 Å². The van der Waals surface area contributed by atoms with Crippen molar-refractivity contribution in [1.82, 2.24) is 9.44 Å². The highest BCUT2D eigenvalue weighted by molar-refractivity contribution is 7.84. The van der Waals surface area contributed by atoms with E-state index in [0.717, 1.165) is 0 Å². The lowest BCUT2D eigenvalue weighted by atomic mass is 9.92. The average Bonchev–Trinajstić information content (AvgIpc) is 2.32. The van der Waals surface area contributed by atoms with Crippen molar-refractivity contribution >= 4 is 32.2 Å². The first kappa shape index (κ1) is 19.3. The first-order valence-corrected chi connectivity index (χ1v) is 9.40. The molecule has 8 nitrogen and oxygen atoms in total. The summed E-state index contributed by atoms with van der Waals surface area (Å²) in [7, 11) is -9.25. The van der Waals surface area contributed by atoms with Gasteiger partial charge in [-0.2, -0.15) is 26.3 Å². The van der Waals surface area contributed by atoms with Gasteiger partial charge in [0.25, 0.3) is 0 Å². The van der Waals surface area contributed by atoms with Gasteiger partial charge >= 0.3 is 20.6 Å². The fourth-order valence-electron chi connectivity index (χ4n) is 1.98. The predicted octanol–water partition coefficient (Wildman–Crippen LogP) is 1.19. The number of hydrogen-bond donors (Lipinski definition) is 4. The molecule has 0 heterocycles. The summed E-state index contributed by atoms with van der Waals surface area (Å²) >= 11 is 6.01. The molecule has 1 rings (SSSR count). The molecule has 22 heavy (non-hydrogen) atoms. The van der Waals surface area contributed by atoms with E-state index in [1.165, 1.54) is 12.1 Å². The predicted molar refractivity (Wildman–Crippen MR) is 82.2 cm³/mol. The smallest absolute Gasteiger partial charge is 0.273 e. The van der Waals surface area contributed by atoms with Gasteiger partial charge in [-0.05, 0) is 17.5 Å². The Bertz CT molecular complexity index is 720. The van der Waals surface area contributed by atoms with Crippen LogP contribution in [0.5, 0.6) is 0 Å². The van der Waals surface area contributed by atoms with Crippen molar-refractivity contribution in [3.8, 4) is 0 Å². The Balaban J connectivity index is 3.37. The first-order chi connectivity index (χ1) is 9.91. The zero-order chi connectivity index (χ0) is 17.1. The maximum absolute atomic E-state index is 11.2. The van der Waals surface area contributed by atoms with Crippen molar-refractivity contribution in [3.05, 3.63) is 34.9 Å². The van der Waals surface area contributed by atoms with E-state index in [2.05, 4.69) is 0 Å². The molecule has 0 aromatic heterocycles. The monoisotopic (exact) mass is 372 g/mol. The Hall–Kier alpha value is -0.750. The lowest BCUT2D eigenvalue weighted by Crippen LogP contribution is -2.48. The van der Waals surface area contributed by atoms with Crippen LogP contribution in [-0.4, -0.2) is 32.0 Å². The third-order valence-electron chi connectivity index (χ3n) is 2.88. The topological polar surface area (TPSA) is 133 Å². The van der Waals surface area contributed by atoms with Crippen LogP contribution in [0.25, 0.3) is 0 Å². The molecular weight excluding hydrogens is 356 g/mol. The van der Waals surface area contributed by atoms with E-state index in [1.54, 1.807) is 26.0 Å². The molecule has 2 atom stereocenters. The van der Waals surface area contributed by atoms with Crippen molar-refractivity contribution in [2.75, 3.05) is 0 Å². The largest absolute Gasteiger partial charge is 0.333 e.